The van der Waals surface area contributed by atoms with Crippen molar-refractivity contribution in [2.24, 2.45) is 11.8 Å². The minimum atomic E-state index is 0.227. The van der Waals surface area contributed by atoms with E-state index in [1.54, 1.807) is 0 Å². The van der Waals surface area contributed by atoms with Crippen molar-refractivity contribution in [3.8, 4) is 0 Å². The van der Waals surface area contributed by atoms with Crippen LogP contribution in [0.2, 0.25) is 0 Å². The first-order chi connectivity index (χ1) is 8.81. The second kappa shape index (κ2) is 7.78. The van der Waals surface area contributed by atoms with Crippen LogP contribution >= 0.6 is 27.7 Å². The Balaban J connectivity index is 1.73. The van der Waals surface area contributed by atoms with Crippen LogP contribution in [0.15, 0.2) is 0 Å². The number of hydrogen-bond donors (Lipinski definition) is 1. The molecule has 2 nitrogen and oxygen atoms in total. The third-order valence-corrected chi connectivity index (χ3v) is 6.48. The molecular weight excluding hydrogens is 310 g/mol. The smallest absolute Gasteiger partial charge is 0.233 e. The number of rotatable bonds is 4. The van der Waals surface area contributed by atoms with E-state index in [-0.39, 0.29) is 5.25 Å². The zero-order chi connectivity index (χ0) is 12.8. The van der Waals surface area contributed by atoms with E-state index in [2.05, 4.69) is 21.2 Å². The lowest BCUT2D eigenvalue weighted by molar-refractivity contribution is -0.121. The Morgan fingerprint density at radius 3 is 2.50 bits per heavy atom. The van der Waals surface area contributed by atoms with Gasteiger partial charge in [0.15, 0.2) is 0 Å². The van der Waals surface area contributed by atoms with Crippen LogP contribution in [0.5, 0.6) is 0 Å². The molecule has 4 heteroatoms. The molecule has 1 aliphatic carbocycles. The van der Waals surface area contributed by atoms with Crippen LogP contribution < -0.4 is 5.32 Å². The predicted molar refractivity (Wildman–Crippen MR) is 82.3 cm³/mol. The summed E-state index contributed by atoms with van der Waals surface area (Å²) in [6.07, 6.45) is 8.88. The molecule has 2 fully saturated rings. The molecule has 1 N–H and O–H groups in total. The van der Waals surface area contributed by atoms with Crippen LogP contribution in [0, 0.1) is 11.8 Å². The maximum atomic E-state index is 12.1. The summed E-state index contributed by atoms with van der Waals surface area (Å²) in [6, 6.07) is 0. The van der Waals surface area contributed by atoms with Gasteiger partial charge in [-0.3, -0.25) is 4.79 Å². The molecule has 104 valence electrons. The molecule has 0 radical (unpaired) electrons. The van der Waals surface area contributed by atoms with Crippen molar-refractivity contribution in [1.82, 2.24) is 5.32 Å². The molecule has 1 saturated carbocycles. The van der Waals surface area contributed by atoms with Gasteiger partial charge in [0.05, 0.1) is 5.25 Å². The molecule has 1 heterocycles. The van der Waals surface area contributed by atoms with E-state index >= 15 is 0 Å². The van der Waals surface area contributed by atoms with E-state index in [4.69, 9.17) is 0 Å². The molecule has 0 bridgehead atoms. The van der Waals surface area contributed by atoms with Crippen LogP contribution in [-0.4, -0.2) is 28.8 Å². The lowest BCUT2D eigenvalue weighted by Crippen LogP contribution is -2.39. The number of nitrogens with one attached hydrogen (secondary N) is 1. The fourth-order valence-corrected chi connectivity index (χ4v) is 5.13. The zero-order valence-corrected chi connectivity index (χ0v) is 13.4. The summed E-state index contributed by atoms with van der Waals surface area (Å²) in [5.74, 6) is 2.90. The van der Waals surface area contributed by atoms with Gasteiger partial charge in [0, 0.05) is 11.9 Å². The van der Waals surface area contributed by atoms with Crippen molar-refractivity contribution >= 4 is 33.6 Å². The van der Waals surface area contributed by atoms with Crippen molar-refractivity contribution in [2.45, 2.75) is 50.2 Å². The van der Waals surface area contributed by atoms with Gasteiger partial charge in [-0.15, -0.1) is 11.8 Å². The first-order valence-electron chi connectivity index (χ1n) is 7.26. The van der Waals surface area contributed by atoms with Gasteiger partial charge in [0.25, 0.3) is 0 Å². The van der Waals surface area contributed by atoms with Crippen LogP contribution in [0.4, 0.5) is 0 Å². The molecule has 1 aliphatic heterocycles. The SMILES string of the molecule is O=C(NCC1CCCCC1CBr)C1CCCCS1. The Kier molecular flexibility index (Phi) is 6.36. The lowest BCUT2D eigenvalue weighted by Gasteiger charge is -2.31. The molecule has 1 saturated heterocycles. The standard InChI is InChI=1S/C14H24BrNOS/c15-9-11-5-1-2-6-12(11)10-16-14(17)13-7-3-4-8-18-13/h11-13H,1-10H2,(H,16,17). The van der Waals surface area contributed by atoms with E-state index in [9.17, 15) is 4.79 Å². The summed E-state index contributed by atoms with van der Waals surface area (Å²) in [4.78, 5) is 12.1. The number of halogens is 1. The van der Waals surface area contributed by atoms with E-state index < -0.39 is 0 Å². The summed E-state index contributed by atoms with van der Waals surface area (Å²) >= 11 is 5.46. The molecule has 0 aromatic heterocycles. The van der Waals surface area contributed by atoms with E-state index in [0.29, 0.717) is 11.8 Å². The molecule has 2 rings (SSSR count). The fourth-order valence-electron chi connectivity index (χ4n) is 3.05. The normalized spacial score (nSPS) is 33.1. The van der Waals surface area contributed by atoms with Crippen LogP contribution in [-0.2, 0) is 4.79 Å². The van der Waals surface area contributed by atoms with Gasteiger partial charge in [-0.05, 0) is 43.3 Å². The molecule has 18 heavy (non-hydrogen) atoms. The van der Waals surface area contributed by atoms with Crippen LogP contribution in [0.25, 0.3) is 0 Å². The average molecular weight is 334 g/mol. The van der Waals surface area contributed by atoms with Gasteiger partial charge in [-0.2, -0.15) is 0 Å². The monoisotopic (exact) mass is 333 g/mol. The van der Waals surface area contributed by atoms with Gasteiger partial charge in [0.2, 0.25) is 5.91 Å². The molecule has 3 atom stereocenters. The zero-order valence-electron chi connectivity index (χ0n) is 11.0. The predicted octanol–water partition coefficient (Wildman–Crippen LogP) is 3.59. The summed E-state index contributed by atoms with van der Waals surface area (Å²) in [7, 11) is 0. The lowest BCUT2D eigenvalue weighted by atomic mass is 9.80. The quantitative estimate of drug-likeness (QED) is 0.796. The fraction of sp³-hybridized carbons (Fsp3) is 0.929. The average Bonchev–Trinajstić information content (AvgIpc) is 2.46. The topological polar surface area (TPSA) is 29.1 Å². The highest BCUT2D eigenvalue weighted by atomic mass is 79.9. The third-order valence-electron chi connectivity index (χ3n) is 4.28. The second-order valence-corrected chi connectivity index (χ2v) is 7.52. The van der Waals surface area contributed by atoms with Crippen LogP contribution in [0.3, 0.4) is 0 Å². The third kappa shape index (κ3) is 4.16. The number of hydrogen-bond acceptors (Lipinski definition) is 2. The molecule has 1 amide bonds. The highest BCUT2D eigenvalue weighted by Gasteiger charge is 2.26. The Morgan fingerprint density at radius 1 is 1.11 bits per heavy atom. The van der Waals surface area contributed by atoms with Gasteiger partial charge in [-0.1, -0.05) is 35.2 Å². The first kappa shape index (κ1) is 14.7. The van der Waals surface area contributed by atoms with Crippen molar-refractivity contribution in [3.63, 3.8) is 0 Å². The molecule has 0 spiro atoms. The molecular formula is C14H24BrNOS. The Bertz CT molecular complexity index is 269. The van der Waals surface area contributed by atoms with E-state index in [0.717, 1.165) is 30.0 Å². The maximum Gasteiger partial charge on any atom is 0.233 e. The van der Waals surface area contributed by atoms with E-state index in [1.807, 2.05) is 11.8 Å². The van der Waals surface area contributed by atoms with Crippen LogP contribution in [0.1, 0.15) is 44.9 Å². The minimum absolute atomic E-state index is 0.227. The molecule has 0 aromatic rings. The van der Waals surface area contributed by atoms with Crippen molar-refractivity contribution in [2.75, 3.05) is 17.6 Å². The van der Waals surface area contributed by atoms with Crippen molar-refractivity contribution in [3.05, 3.63) is 0 Å². The summed E-state index contributed by atoms with van der Waals surface area (Å²) in [5.41, 5.74) is 0. The minimum Gasteiger partial charge on any atom is -0.355 e. The highest BCUT2D eigenvalue weighted by Crippen LogP contribution is 2.31. The first-order valence-corrected chi connectivity index (χ1v) is 9.43. The summed E-state index contributed by atoms with van der Waals surface area (Å²) in [6.45, 7) is 0.895. The highest BCUT2D eigenvalue weighted by molar-refractivity contribution is 9.09. The van der Waals surface area contributed by atoms with Gasteiger partial charge in [-0.25, -0.2) is 0 Å². The summed E-state index contributed by atoms with van der Waals surface area (Å²) in [5, 5.41) is 4.52. The Labute approximate surface area is 123 Å². The summed E-state index contributed by atoms with van der Waals surface area (Å²) < 4.78 is 0. The molecule has 0 aromatic carbocycles. The number of carbonyl (C=O) groups excluding carboxylic acids is 1. The Hall–Kier alpha value is 0.300. The van der Waals surface area contributed by atoms with Crippen molar-refractivity contribution < 1.29 is 4.79 Å². The number of amides is 1. The van der Waals surface area contributed by atoms with Crippen molar-refractivity contribution in [1.29, 1.82) is 0 Å². The second-order valence-electron chi connectivity index (χ2n) is 5.56. The number of carbonyl (C=O) groups is 1. The Morgan fingerprint density at radius 2 is 1.83 bits per heavy atom. The largest absolute Gasteiger partial charge is 0.355 e. The number of thioether (sulfide) groups is 1. The van der Waals surface area contributed by atoms with Gasteiger partial charge >= 0.3 is 0 Å². The maximum absolute atomic E-state index is 12.1. The van der Waals surface area contributed by atoms with E-state index in [1.165, 1.54) is 38.5 Å². The molecule has 3 unspecified atom stereocenters. The molecule has 2 aliphatic rings. The number of alkyl halides is 1. The van der Waals surface area contributed by atoms with Gasteiger partial charge < -0.3 is 5.32 Å². The van der Waals surface area contributed by atoms with Gasteiger partial charge in [0.1, 0.15) is 0 Å².